The average molecular weight is 192 g/mol. The summed E-state index contributed by atoms with van der Waals surface area (Å²) < 4.78 is 9.60. The molecule has 0 saturated carbocycles. The van der Waals surface area contributed by atoms with Crippen LogP contribution in [0, 0.1) is 5.92 Å². The summed E-state index contributed by atoms with van der Waals surface area (Å²) in [4.78, 5) is 11.1. The maximum Gasteiger partial charge on any atom is 0.319 e. The van der Waals surface area contributed by atoms with E-state index in [2.05, 4.69) is 12.6 Å². The van der Waals surface area contributed by atoms with E-state index in [9.17, 15) is 4.79 Å². The van der Waals surface area contributed by atoms with Gasteiger partial charge in [-0.3, -0.25) is 4.79 Å². The minimum absolute atomic E-state index is 0.198. The lowest BCUT2D eigenvalue weighted by Gasteiger charge is -2.13. The first-order valence-corrected chi connectivity index (χ1v) is 4.45. The van der Waals surface area contributed by atoms with Crippen LogP contribution in [0.1, 0.15) is 13.8 Å². The first kappa shape index (κ1) is 11.8. The Bertz CT molecular complexity index is 136. The average Bonchev–Trinajstić information content (AvgIpc) is 2.03. The lowest BCUT2D eigenvalue weighted by molar-refractivity contribution is -0.144. The Morgan fingerprint density at radius 1 is 1.42 bits per heavy atom. The minimum Gasteiger partial charge on any atom is -0.462 e. The SMILES string of the molecule is COCCOC(=O)C(S)C(C)C. The maximum absolute atomic E-state index is 11.1. The second-order valence-corrected chi connectivity index (χ2v) is 3.41. The molecule has 0 saturated heterocycles. The third-order valence-electron chi connectivity index (χ3n) is 1.40. The summed E-state index contributed by atoms with van der Waals surface area (Å²) in [5.74, 6) is -0.0752. The zero-order chi connectivity index (χ0) is 9.56. The summed E-state index contributed by atoms with van der Waals surface area (Å²) in [5, 5.41) is -0.332. The van der Waals surface area contributed by atoms with Gasteiger partial charge in [-0.05, 0) is 5.92 Å². The van der Waals surface area contributed by atoms with Crippen molar-refractivity contribution in [2.45, 2.75) is 19.1 Å². The van der Waals surface area contributed by atoms with Crippen molar-refractivity contribution in [2.24, 2.45) is 5.92 Å². The van der Waals surface area contributed by atoms with Gasteiger partial charge in [0.2, 0.25) is 0 Å². The molecule has 4 heteroatoms. The number of carbonyl (C=O) groups is 1. The Labute approximate surface area is 78.8 Å². The molecule has 0 aromatic rings. The van der Waals surface area contributed by atoms with Crippen molar-refractivity contribution in [2.75, 3.05) is 20.3 Å². The fraction of sp³-hybridized carbons (Fsp3) is 0.875. The molecule has 0 aliphatic rings. The molecule has 12 heavy (non-hydrogen) atoms. The first-order valence-electron chi connectivity index (χ1n) is 3.93. The van der Waals surface area contributed by atoms with Crippen molar-refractivity contribution < 1.29 is 14.3 Å². The van der Waals surface area contributed by atoms with E-state index in [-0.39, 0.29) is 17.1 Å². The van der Waals surface area contributed by atoms with Gasteiger partial charge in [0.25, 0.3) is 0 Å². The van der Waals surface area contributed by atoms with E-state index >= 15 is 0 Å². The molecule has 0 rings (SSSR count). The van der Waals surface area contributed by atoms with E-state index in [1.165, 1.54) is 0 Å². The standard InChI is InChI=1S/C8H16O3S/c1-6(2)7(12)8(9)11-5-4-10-3/h6-7,12H,4-5H2,1-3H3. The van der Waals surface area contributed by atoms with Crippen molar-refractivity contribution >= 4 is 18.6 Å². The molecular weight excluding hydrogens is 176 g/mol. The molecule has 0 N–H and O–H groups in total. The molecule has 72 valence electrons. The Morgan fingerprint density at radius 3 is 2.42 bits per heavy atom. The Balaban J connectivity index is 3.57. The van der Waals surface area contributed by atoms with Crippen molar-refractivity contribution in [3.63, 3.8) is 0 Å². The maximum atomic E-state index is 11.1. The van der Waals surface area contributed by atoms with Gasteiger partial charge in [-0.1, -0.05) is 13.8 Å². The smallest absolute Gasteiger partial charge is 0.319 e. The van der Waals surface area contributed by atoms with Gasteiger partial charge in [-0.25, -0.2) is 0 Å². The number of rotatable bonds is 5. The van der Waals surface area contributed by atoms with Crippen LogP contribution in [0.5, 0.6) is 0 Å². The van der Waals surface area contributed by atoms with Gasteiger partial charge in [0.05, 0.1) is 6.61 Å². The number of carbonyl (C=O) groups excluding carboxylic acids is 1. The van der Waals surface area contributed by atoms with Gasteiger partial charge in [0, 0.05) is 7.11 Å². The van der Waals surface area contributed by atoms with E-state index in [1.807, 2.05) is 13.8 Å². The highest BCUT2D eigenvalue weighted by Gasteiger charge is 2.18. The van der Waals surface area contributed by atoms with E-state index in [4.69, 9.17) is 9.47 Å². The molecule has 0 fully saturated rings. The highest BCUT2D eigenvalue weighted by atomic mass is 32.1. The highest BCUT2D eigenvalue weighted by molar-refractivity contribution is 7.81. The molecule has 3 nitrogen and oxygen atoms in total. The van der Waals surface area contributed by atoms with Gasteiger partial charge < -0.3 is 9.47 Å². The van der Waals surface area contributed by atoms with Crippen LogP contribution in [-0.2, 0) is 14.3 Å². The molecule has 1 unspecified atom stereocenters. The molecule has 0 aliphatic heterocycles. The number of thiol groups is 1. The number of ether oxygens (including phenoxy) is 2. The number of esters is 1. The third-order valence-corrected chi connectivity index (χ3v) is 2.21. The highest BCUT2D eigenvalue weighted by Crippen LogP contribution is 2.10. The van der Waals surface area contributed by atoms with Crippen molar-refractivity contribution in [1.82, 2.24) is 0 Å². The Kier molecular flexibility index (Phi) is 6.20. The van der Waals surface area contributed by atoms with Crippen molar-refractivity contribution in [1.29, 1.82) is 0 Å². The zero-order valence-electron chi connectivity index (χ0n) is 7.74. The van der Waals surface area contributed by atoms with E-state index < -0.39 is 0 Å². The van der Waals surface area contributed by atoms with Gasteiger partial charge in [0.1, 0.15) is 11.9 Å². The quantitative estimate of drug-likeness (QED) is 0.403. The molecule has 0 aromatic heterocycles. The Hall–Kier alpha value is -0.220. The molecule has 0 heterocycles. The predicted octanol–water partition coefficient (Wildman–Crippen LogP) is 1.13. The van der Waals surface area contributed by atoms with Crippen LogP contribution >= 0.6 is 12.6 Å². The molecule has 0 radical (unpaired) electrons. The molecule has 0 amide bonds. The number of hydrogen-bond donors (Lipinski definition) is 1. The summed E-state index contributed by atoms with van der Waals surface area (Å²) in [6.07, 6.45) is 0. The van der Waals surface area contributed by atoms with Gasteiger partial charge in [-0.15, -0.1) is 0 Å². The predicted molar refractivity (Wildman–Crippen MR) is 50.4 cm³/mol. The fourth-order valence-electron chi connectivity index (χ4n) is 0.583. The summed E-state index contributed by atoms with van der Waals surface area (Å²) in [7, 11) is 1.56. The molecular formula is C8H16O3S. The monoisotopic (exact) mass is 192 g/mol. The van der Waals surface area contributed by atoms with Crippen LogP contribution in [0.4, 0.5) is 0 Å². The summed E-state index contributed by atoms with van der Waals surface area (Å²) in [6.45, 7) is 4.59. The van der Waals surface area contributed by atoms with Crippen LogP contribution in [0.15, 0.2) is 0 Å². The zero-order valence-corrected chi connectivity index (χ0v) is 8.64. The largest absolute Gasteiger partial charge is 0.462 e. The normalized spacial score (nSPS) is 13.1. The van der Waals surface area contributed by atoms with Gasteiger partial charge in [0.15, 0.2) is 0 Å². The molecule has 0 aromatic carbocycles. The van der Waals surface area contributed by atoms with Crippen molar-refractivity contribution in [3.8, 4) is 0 Å². The Morgan fingerprint density at radius 2 is 2.00 bits per heavy atom. The van der Waals surface area contributed by atoms with Crippen LogP contribution in [0.3, 0.4) is 0 Å². The second kappa shape index (κ2) is 6.31. The van der Waals surface area contributed by atoms with Crippen LogP contribution in [-0.4, -0.2) is 31.5 Å². The fourth-order valence-corrected chi connectivity index (χ4v) is 0.658. The minimum atomic E-state index is -0.332. The first-order chi connectivity index (χ1) is 5.59. The van der Waals surface area contributed by atoms with Crippen LogP contribution in [0.2, 0.25) is 0 Å². The molecule has 0 bridgehead atoms. The van der Waals surface area contributed by atoms with Crippen LogP contribution in [0.25, 0.3) is 0 Å². The van der Waals surface area contributed by atoms with Gasteiger partial charge >= 0.3 is 5.97 Å². The molecule has 0 spiro atoms. The van der Waals surface area contributed by atoms with E-state index in [1.54, 1.807) is 7.11 Å². The lowest BCUT2D eigenvalue weighted by Crippen LogP contribution is -2.24. The van der Waals surface area contributed by atoms with Gasteiger partial charge in [-0.2, -0.15) is 12.6 Å². The number of methoxy groups -OCH3 is 1. The molecule has 1 atom stereocenters. The van der Waals surface area contributed by atoms with Crippen molar-refractivity contribution in [3.05, 3.63) is 0 Å². The summed E-state index contributed by atoms with van der Waals surface area (Å²) in [6, 6.07) is 0. The number of hydrogen-bond acceptors (Lipinski definition) is 4. The van der Waals surface area contributed by atoms with Crippen LogP contribution < -0.4 is 0 Å². The lowest BCUT2D eigenvalue weighted by atomic mass is 10.1. The molecule has 0 aliphatic carbocycles. The summed E-state index contributed by atoms with van der Waals surface area (Å²) >= 11 is 4.11. The second-order valence-electron chi connectivity index (χ2n) is 2.85. The summed E-state index contributed by atoms with van der Waals surface area (Å²) in [5.41, 5.74) is 0. The van der Waals surface area contributed by atoms with E-state index in [0.717, 1.165) is 0 Å². The van der Waals surface area contributed by atoms with E-state index in [0.29, 0.717) is 13.2 Å². The third kappa shape index (κ3) is 4.62. The topological polar surface area (TPSA) is 35.5 Å².